The number of hydrogen-bond acceptors (Lipinski definition) is 3. The van der Waals surface area contributed by atoms with Gasteiger partial charge in [-0.2, -0.15) is 0 Å². The lowest BCUT2D eigenvalue weighted by Gasteiger charge is -2.41. The molecule has 0 spiro atoms. The van der Waals surface area contributed by atoms with Gasteiger partial charge in [-0.25, -0.2) is 4.98 Å². The highest BCUT2D eigenvalue weighted by Crippen LogP contribution is 2.45. The van der Waals surface area contributed by atoms with E-state index in [1.165, 1.54) is 12.1 Å². The van der Waals surface area contributed by atoms with Crippen molar-refractivity contribution in [3.05, 3.63) is 17.2 Å². The summed E-state index contributed by atoms with van der Waals surface area (Å²) in [6.45, 7) is 4.91. The fourth-order valence-electron chi connectivity index (χ4n) is 4.29. The summed E-state index contributed by atoms with van der Waals surface area (Å²) in [5.41, 5.74) is 2.26. The van der Waals surface area contributed by atoms with Gasteiger partial charge in [0.05, 0.1) is 12.3 Å². The predicted molar refractivity (Wildman–Crippen MR) is 89.2 cm³/mol. The van der Waals surface area contributed by atoms with E-state index in [9.17, 15) is 9.90 Å². The molecule has 23 heavy (non-hydrogen) atoms. The van der Waals surface area contributed by atoms with Crippen molar-refractivity contribution in [1.82, 2.24) is 14.9 Å². The summed E-state index contributed by atoms with van der Waals surface area (Å²) in [4.78, 5) is 17.4. The number of aryl methyl sites for hydroxylation is 1. The molecule has 128 valence electrons. The van der Waals surface area contributed by atoms with Crippen molar-refractivity contribution in [3.8, 4) is 0 Å². The number of nitrogens with zero attached hydrogens (tertiary/aromatic N) is 2. The van der Waals surface area contributed by atoms with Crippen molar-refractivity contribution >= 4 is 5.91 Å². The van der Waals surface area contributed by atoms with Gasteiger partial charge in [0.25, 0.3) is 0 Å². The standard InChI is InChI=1S/C18H29N3O2/c1-3-7-18(8-4-9-18)17(23)20-14-5-6-16-15(12-14)19-13(2)21(16)10-11-22/h14,22H,3-12H2,1-2H3,(H,20,23). The maximum Gasteiger partial charge on any atom is 0.226 e. The van der Waals surface area contributed by atoms with E-state index < -0.39 is 0 Å². The number of imidazole rings is 1. The molecule has 0 saturated heterocycles. The molecule has 1 aromatic heterocycles. The van der Waals surface area contributed by atoms with E-state index in [0.717, 1.165) is 56.5 Å². The largest absolute Gasteiger partial charge is 0.395 e. The SMILES string of the molecule is CCCC1(C(=O)NC2CCc3c(nc(C)n3CCO)C2)CCC1. The van der Waals surface area contributed by atoms with Gasteiger partial charge in [-0.1, -0.05) is 19.8 Å². The molecule has 2 aliphatic carbocycles. The van der Waals surface area contributed by atoms with Gasteiger partial charge in [-0.05, 0) is 39.0 Å². The Bertz CT molecular complexity index is 575. The first kappa shape index (κ1) is 16.5. The lowest BCUT2D eigenvalue weighted by Crippen LogP contribution is -2.50. The van der Waals surface area contributed by atoms with Crippen LogP contribution in [0, 0.1) is 12.3 Å². The van der Waals surface area contributed by atoms with Crippen molar-refractivity contribution in [2.75, 3.05) is 6.61 Å². The Morgan fingerprint density at radius 1 is 1.48 bits per heavy atom. The summed E-state index contributed by atoms with van der Waals surface area (Å²) >= 11 is 0. The third-order valence-corrected chi connectivity index (χ3v) is 5.70. The summed E-state index contributed by atoms with van der Waals surface area (Å²) in [6.07, 6.45) is 8.10. The van der Waals surface area contributed by atoms with Crippen LogP contribution in [0.15, 0.2) is 0 Å². The quantitative estimate of drug-likeness (QED) is 0.844. The number of aliphatic hydroxyl groups excluding tert-OH is 1. The van der Waals surface area contributed by atoms with Crippen LogP contribution in [0.5, 0.6) is 0 Å². The third-order valence-electron chi connectivity index (χ3n) is 5.70. The topological polar surface area (TPSA) is 67.2 Å². The Labute approximate surface area is 138 Å². The predicted octanol–water partition coefficient (Wildman–Crippen LogP) is 2.13. The van der Waals surface area contributed by atoms with Crippen LogP contribution in [0.3, 0.4) is 0 Å². The van der Waals surface area contributed by atoms with E-state index in [1.54, 1.807) is 0 Å². The molecule has 0 aliphatic heterocycles. The number of carbonyl (C=O) groups excluding carboxylic acids is 1. The summed E-state index contributed by atoms with van der Waals surface area (Å²) in [5, 5.41) is 12.5. The molecule has 1 amide bonds. The second kappa shape index (κ2) is 6.63. The van der Waals surface area contributed by atoms with E-state index in [0.29, 0.717) is 6.54 Å². The smallest absolute Gasteiger partial charge is 0.226 e. The minimum Gasteiger partial charge on any atom is -0.395 e. The monoisotopic (exact) mass is 319 g/mol. The first-order chi connectivity index (χ1) is 11.1. The van der Waals surface area contributed by atoms with E-state index in [4.69, 9.17) is 0 Å². The van der Waals surface area contributed by atoms with Gasteiger partial charge in [-0.15, -0.1) is 0 Å². The molecular formula is C18H29N3O2. The van der Waals surface area contributed by atoms with Gasteiger partial charge in [0.15, 0.2) is 0 Å². The van der Waals surface area contributed by atoms with Crippen molar-refractivity contribution < 1.29 is 9.90 Å². The van der Waals surface area contributed by atoms with Gasteiger partial charge in [-0.3, -0.25) is 4.79 Å². The number of hydrogen-bond donors (Lipinski definition) is 2. The Hall–Kier alpha value is -1.36. The average molecular weight is 319 g/mol. The van der Waals surface area contributed by atoms with Gasteiger partial charge in [0.2, 0.25) is 5.91 Å². The van der Waals surface area contributed by atoms with Crippen LogP contribution in [0.4, 0.5) is 0 Å². The minimum absolute atomic E-state index is 0.0822. The fraction of sp³-hybridized carbons (Fsp3) is 0.778. The molecule has 1 atom stereocenters. The molecule has 0 radical (unpaired) electrons. The lowest BCUT2D eigenvalue weighted by molar-refractivity contribution is -0.137. The van der Waals surface area contributed by atoms with Crippen LogP contribution in [0.1, 0.15) is 62.7 Å². The number of amides is 1. The molecule has 0 bridgehead atoms. The molecular weight excluding hydrogens is 290 g/mol. The maximum absolute atomic E-state index is 12.7. The molecule has 0 aromatic carbocycles. The molecule has 1 unspecified atom stereocenters. The highest BCUT2D eigenvalue weighted by molar-refractivity contribution is 5.83. The first-order valence-corrected chi connectivity index (χ1v) is 9.06. The zero-order valence-electron chi connectivity index (χ0n) is 14.4. The molecule has 5 heteroatoms. The van der Waals surface area contributed by atoms with Crippen LogP contribution in [0.25, 0.3) is 0 Å². The average Bonchev–Trinajstić information content (AvgIpc) is 2.78. The van der Waals surface area contributed by atoms with E-state index in [-0.39, 0.29) is 24.0 Å². The summed E-state index contributed by atoms with van der Waals surface area (Å²) in [6, 6.07) is 0.209. The van der Waals surface area contributed by atoms with Crippen LogP contribution < -0.4 is 5.32 Å². The molecule has 5 nitrogen and oxygen atoms in total. The van der Waals surface area contributed by atoms with Crippen LogP contribution in [-0.4, -0.2) is 33.2 Å². The Morgan fingerprint density at radius 3 is 2.87 bits per heavy atom. The Balaban J connectivity index is 1.66. The van der Waals surface area contributed by atoms with Gasteiger partial charge in [0, 0.05) is 30.1 Å². The number of fused-ring (bicyclic) bond motifs is 1. The first-order valence-electron chi connectivity index (χ1n) is 9.06. The van der Waals surface area contributed by atoms with Crippen molar-refractivity contribution in [2.24, 2.45) is 5.41 Å². The number of aliphatic hydroxyl groups is 1. The Kier molecular flexibility index (Phi) is 4.76. The molecule has 2 aliphatic rings. The van der Waals surface area contributed by atoms with Gasteiger partial charge >= 0.3 is 0 Å². The van der Waals surface area contributed by atoms with Crippen LogP contribution in [0.2, 0.25) is 0 Å². The summed E-state index contributed by atoms with van der Waals surface area (Å²) in [7, 11) is 0. The number of rotatable bonds is 6. The highest BCUT2D eigenvalue weighted by Gasteiger charge is 2.43. The van der Waals surface area contributed by atoms with Gasteiger partial charge in [0.1, 0.15) is 5.82 Å². The second-order valence-electron chi connectivity index (χ2n) is 7.22. The van der Waals surface area contributed by atoms with Crippen molar-refractivity contribution in [1.29, 1.82) is 0 Å². The zero-order valence-corrected chi connectivity index (χ0v) is 14.4. The summed E-state index contributed by atoms with van der Waals surface area (Å²) in [5.74, 6) is 1.24. The van der Waals surface area contributed by atoms with Crippen LogP contribution in [-0.2, 0) is 24.2 Å². The second-order valence-corrected chi connectivity index (χ2v) is 7.22. The van der Waals surface area contributed by atoms with Crippen molar-refractivity contribution in [3.63, 3.8) is 0 Å². The number of carbonyl (C=O) groups is 1. The number of nitrogens with one attached hydrogen (secondary N) is 1. The normalized spacial score (nSPS) is 22.3. The lowest BCUT2D eigenvalue weighted by atomic mass is 9.65. The van der Waals surface area contributed by atoms with Crippen LogP contribution >= 0.6 is 0 Å². The molecule has 2 N–H and O–H groups in total. The molecule has 3 rings (SSSR count). The Morgan fingerprint density at radius 2 is 2.26 bits per heavy atom. The van der Waals surface area contributed by atoms with E-state index in [2.05, 4.69) is 21.8 Å². The molecule has 1 heterocycles. The minimum atomic E-state index is -0.0822. The molecule has 1 aromatic rings. The summed E-state index contributed by atoms with van der Waals surface area (Å²) < 4.78 is 2.12. The van der Waals surface area contributed by atoms with E-state index in [1.807, 2.05) is 6.92 Å². The van der Waals surface area contributed by atoms with E-state index >= 15 is 0 Å². The maximum atomic E-state index is 12.7. The fourth-order valence-corrected chi connectivity index (χ4v) is 4.29. The molecule has 1 fully saturated rings. The number of aromatic nitrogens is 2. The highest BCUT2D eigenvalue weighted by atomic mass is 16.3. The van der Waals surface area contributed by atoms with Crippen molar-refractivity contribution in [2.45, 2.75) is 77.8 Å². The van der Waals surface area contributed by atoms with Gasteiger partial charge < -0.3 is 15.0 Å². The molecule has 1 saturated carbocycles. The zero-order chi connectivity index (χ0) is 16.4. The third kappa shape index (κ3) is 3.03.